The Morgan fingerprint density at radius 3 is 2.69 bits per heavy atom. The van der Waals surface area contributed by atoms with E-state index in [4.69, 9.17) is 4.74 Å². The predicted molar refractivity (Wildman–Crippen MR) is 120 cm³/mol. The molecule has 1 atom stereocenters. The standard InChI is InChI=1S/C23H21N7O2/c1-32-22(31)20-3-2-10-30(20)23-27-12-16(13-28-23)15-4-5-17-18(6-7-25-19(17)11-15)29-21-14-24-8-9-26-21/h4-9,11-14,20H,2-3,10H2,1H3,(H,25,26,29)/t20-/m0/s1. The number of carbonyl (C=O) groups excluding carboxylic acids is 1. The van der Waals surface area contributed by atoms with E-state index in [0.717, 1.165) is 47.1 Å². The van der Waals surface area contributed by atoms with Gasteiger partial charge in [0.2, 0.25) is 5.95 Å². The van der Waals surface area contributed by atoms with Crippen molar-refractivity contribution in [2.75, 3.05) is 23.9 Å². The minimum absolute atomic E-state index is 0.248. The average Bonchev–Trinajstić information content (AvgIpc) is 3.34. The summed E-state index contributed by atoms with van der Waals surface area (Å²) in [6.07, 6.45) is 11.9. The van der Waals surface area contributed by atoms with E-state index in [-0.39, 0.29) is 12.0 Å². The fraction of sp³-hybridized carbons (Fsp3) is 0.217. The average molecular weight is 427 g/mol. The number of fused-ring (bicyclic) bond motifs is 1. The van der Waals surface area contributed by atoms with Gasteiger partial charge in [-0.3, -0.25) is 9.97 Å². The molecule has 4 aromatic rings. The number of methoxy groups -OCH3 is 1. The van der Waals surface area contributed by atoms with Crippen LogP contribution in [0, 0.1) is 0 Å². The number of anilines is 3. The Morgan fingerprint density at radius 1 is 1.03 bits per heavy atom. The van der Waals surface area contributed by atoms with Crippen LogP contribution in [-0.4, -0.2) is 50.6 Å². The Bertz CT molecular complexity index is 1250. The summed E-state index contributed by atoms with van der Waals surface area (Å²) >= 11 is 0. The number of nitrogens with one attached hydrogen (secondary N) is 1. The first-order valence-corrected chi connectivity index (χ1v) is 10.3. The highest BCUT2D eigenvalue weighted by atomic mass is 16.5. The fourth-order valence-corrected chi connectivity index (χ4v) is 3.94. The monoisotopic (exact) mass is 427 g/mol. The number of pyridine rings is 1. The van der Waals surface area contributed by atoms with Gasteiger partial charge in [0.15, 0.2) is 0 Å². The molecule has 1 aliphatic rings. The highest BCUT2D eigenvalue weighted by Crippen LogP contribution is 2.29. The van der Waals surface area contributed by atoms with Crippen molar-refractivity contribution in [1.29, 1.82) is 0 Å². The number of rotatable bonds is 5. The van der Waals surface area contributed by atoms with Gasteiger partial charge >= 0.3 is 5.97 Å². The quantitative estimate of drug-likeness (QED) is 0.480. The van der Waals surface area contributed by atoms with E-state index in [1.807, 2.05) is 29.2 Å². The van der Waals surface area contributed by atoms with Crippen LogP contribution in [0.2, 0.25) is 0 Å². The topological polar surface area (TPSA) is 106 Å². The van der Waals surface area contributed by atoms with Crippen LogP contribution in [0.15, 0.2) is 61.4 Å². The van der Waals surface area contributed by atoms with Gasteiger partial charge in [-0.15, -0.1) is 0 Å². The number of carbonyl (C=O) groups is 1. The van der Waals surface area contributed by atoms with Crippen LogP contribution in [0.5, 0.6) is 0 Å². The zero-order valence-corrected chi connectivity index (χ0v) is 17.5. The largest absolute Gasteiger partial charge is 0.467 e. The van der Waals surface area contributed by atoms with Crippen molar-refractivity contribution in [3.05, 3.63) is 61.4 Å². The number of ether oxygens (including phenoxy) is 1. The lowest BCUT2D eigenvalue weighted by Gasteiger charge is -2.22. The summed E-state index contributed by atoms with van der Waals surface area (Å²) in [6.45, 7) is 0.737. The number of esters is 1. The van der Waals surface area contributed by atoms with E-state index in [1.54, 1.807) is 37.2 Å². The van der Waals surface area contributed by atoms with Gasteiger partial charge in [0, 0.05) is 48.5 Å². The van der Waals surface area contributed by atoms with Crippen molar-refractivity contribution in [3.8, 4) is 11.1 Å². The van der Waals surface area contributed by atoms with Gasteiger partial charge in [-0.1, -0.05) is 12.1 Å². The van der Waals surface area contributed by atoms with Gasteiger partial charge in [0.25, 0.3) is 0 Å². The molecule has 1 N–H and O–H groups in total. The molecule has 5 rings (SSSR count). The molecule has 9 nitrogen and oxygen atoms in total. The maximum Gasteiger partial charge on any atom is 0.328 e. The zero-order chi connectivity index (χ0) is 21.9. The summed E-state index contributed by atoms with van der Waals surface area (Å²) in [7, 11) is 1.41. The molecule has 0 amide bonds. The van der Waals surface area contributed by atoms with Crippen LogP contribution >= 0.6 is 0 Å². The molecule has 32 heavy (non-hydrogen) atoms. The van der Waals surface area contributed by atoms with E-state index in [1.165, 1.54) is 7.11 Å². The number of benzene rings is 1. The van der Waals surface area contributed by atoms with Crippen molar-refractivity contribution in [2.45, 2.75) is 18.9 Å². The Kier molecular flexibility index (Phi) is 5.29. The molecular formula is C23H21N7O2. The summed E-state index contributed by atoms with van der Waals surface area (Å²) in [5, 5.41) is 4.25. The lowest BCUT2D eigenvalue weighted by Crippen LogP contribution is -2.37. The fourth-order valence-electron chi connectivity index (χ4n) is 3.94. The first-order chi connectivity index (χ1) is 15.7. The molecule has 0 spiro atoms. The smallest absolute Gasteiger partial charge is 0.328 e. The van der Waals surface area contributed by atoms with E-state index >= 15 is 0 Å². The Labute approximate surface area is 184 Å². The van der Waals surface area contributed by atoms with Gasteiger partial charge in [0.05, 0.1) is 24.5 Å². The van der Waals surface area contributed by atoms with E-state index in [0.29, 0.717) is 11.8 Å². The minimum Gasteiger partial charge on any atom is -0.467 e. The SMILES string of the molecule is COC(=O)[C@@H]1CCCN1c1ncc(-c2ccc3c(Nc4cnccn4)ccnc3c2)cn1. The number of aromatic nitrogens is 5. The second-order valence-electron chi connectivity index (χ2n) is 7.45. The first kappa shape index (κ1) is 19.8. The third-order valence-electron chi connectivity index (χ3n) is 5.52. The lowest BCUT2D eigenvalue weighted by atomic mass is 10.1. The minimum atomic E-state index is -0.323. The predicted octanol–water partition coefficient (Wildman–Crippen LogP) is 3.37. The molecule has 0 bridgehead atoms. The van der Waals surface area contributed by atoms with Gasteiger partial charge in [-0.2, -0.15) is 0 Å². The Morgan fingerprint density at radius 2 is 1.91 bits per heavy atom. The molecule has 1 aromatic carbocycles. The first-order valence-electron chi connectivity index (χ1n) is 10.3. The van der Waals surface area contributed by atoms with Gasteiger partial charge in [0.1, 0.15) is 11.9 Å². The van der Waals surface area contributed by atoms with Gasteiger partial charge in [-0.05, 0) is 30.5 Å². The molecular weight excluding hydrogens is 406 g/mol. The molecule has 0 unspecified atom stereocenters. The van der Waals surface area contributed by atoms with Crippen LogP contribution in [-0.2, 0) is 9.53 Å². The van der Waals surface area contributed by atoms with Crippen LogP contribution < -0.4 is 10.2 Å². The highest BCUT2D eigenvalue weighted by molar-refractivity contribution is 5.94. The van der Waals surface area contributed by atoms with Crippen molar-refractivity contribution >= 4 is 34.3 Å². The summed E-state index contributed by atoms with van der Waals surface area (Å²) in [5.41, 5.74) is 3.57. The molecule has 1 saturated heterocycles. The second kappa shape index (κ2) is 8.54. The molecule has 160 valence electrons. The summed E-state index contributed by atoms with van der Waals surface area (Å²) in [6, 6.07) is 7.61. The van der Waals surface area contributed by atoms with Gasteiger partial charge in [-0.25, -0.2) is 19.7 Å². The molecule has 0 saturated carbocycles. The molecule has 3 aromatic heterocycles. The van der Waals surface area contributed by atoms with Crippen molar-refractivity contribution < 1.29 is 9.53 Å². The van der Waals surface area contributed by atoms with E-state index in [9.17, 15) is 4.79 Å². The zero-order valence-electron chi connectivity index (χ0n) is 17.5. The summed E-state index contributed by atoms with van der Waals surface area (Å²) in [5.74, 6) is 0.956. The number of hydrogen-bond donors (Lipinski definition) is 1. The molecule has 1 aliphatic heterocycles. The van der Waals surface area contributed by atoms with Crippen molar-refractivity contribution in [1.82, 2.24) is 24.9 Å². The van der Waals surface area contributed by atoms with Crippen LogP contribution in [0.3, 0.4) is 0 Å². The highest BCUT2D eigenvalue weighted by Gasteiger charge is 2.33. The molecule has 1 fully saturated rings. The molecule has 0 aliphatic carbocycles. The maximum absolute atomic E-state index is 12.0. The van der Waals surface area contributed by atoms with E-state index in [2.05, 4.69) is 30.2 Å². The number of hydrogen-bond acceptors (Lipinski definition) is 9. The second-order valence-corrected chi connectivity index (χ2v) is 7.45. The van der Waals surface area contributed by atoms with Gasteiger partial charge < -0.3 is 15.0 Å². The third kappa shape index (κ3) is 3.80. The normalized spacial score (nSPS) is 15.7. The number of nitrogens with zero attached hydrogens (tertiary/aromatic N) is 6. The van der Waals surface area contributed by atoms with E-state index < -0.39 is 0 Å². The Hall–Kier alpha value is -4.14. The van der Waals surface area contributed by atoms with Crippen LogP contribution in [0.25, 0.3) is 22.0 Å². The van der Waals surface area contributed by atoms with Crippen LogP contribution in [0.4, 0.5) is 17.5 Å². The molecule has 0 radical (unpaired) electrons. The van der Waals surface area contributed by atoms with Crippen LogP contribution in [0.1, 0.15) is 12.8 Å². The third-order valence-corrected chi connectivity index (χ3v) is 5.52. The lowest BCUT2D eigenvalue weighted by molar-refractivity contribution is -0.141. The van der Waals surface area contributed by atoms with Crippen molar-refractivity contribution in [3.63, 3.8) is 0 Å². The summed E-state index contributed by atoms with van der Waals surface area (Å²) < 4.78 is 4.91. The van der Waals surface area contributed by atoms with Crippen molar-refractivity contribution in [2.24, 2.45) is 0 Å². The maximum atomic E-state index is 12.0. The Balaban J connectivity index is 1.41. The molecule has 4 heterocycles. The summed E-state index contributed by atoms with van der Waals surface area (Å²) in [4.78, 5) is 35.8. The molecule has 9 heteroatoms.